The first-order valence-corrected chi connectivity index (χ1v) is 6.57. The summed E-state index contributed by atoms with van der Waals surface area (Å²) in [6.07, 6.45) is 3.94. The molecule has 6 nitrogen and oxygen atoms in total. The Labute approximate surface area is 118 Å². The maximum absolute atomic E-state index is 11.8. The van der Waals surface area contributed by atoms with Crippen LogP contribution >= 0.6 is 0 Å². The monoisotopic (exact) mass is 276 g/mol. The first-order valence-electron chi connectivity index (χ1n) is 6.57. The lowest BCUT2D eigenvalue weighted by Gasteiger charge is -2.29. The number of aliphatic hydroxyl groups is 1. The van der Waals surface area contributed by atoms with Crippen molar-refractivity contribution in [1.82, 2.24) is 14.9 Å². The van der Waals surface area contributed by atoms with Crippen molar-refractivity contribution < 1.29 is 9.90 Å². The second kappa shape index (κ2) is 5.58. The first-order chi connectivity index (χ1) is 9.41. The zero-order valence-corrected chi connectivity index (χ0v) is 11.9. The van der Waals surface area contributed by atoms with Crippen molar-refractivity contribution >= 4 is 11.9 Å². The molecule has 1 N–H and O–H groups in total. The van der Waals surface area contributed by atoms with Crippen LogP contribution in [0.3, 0.4) is 0 Å². The second-order valence-corrected chi connectivity index (χ2v) is 5.39. The van der Waals surface area contributed by atoms with Crippen molar-refractivity contribution in [1.29, 1.82) is 0 Å². The highest BCUT2D eigenvalue weighted by Crippen LogP contribution is 2.25. The maximum atomic E-state index is 11.8. The molecule has 1 unspecified atom stereocenters. The molecule has 1 fully saturated rings. The standard InChI is InChI=1S/C14H20N4O2/c1-11(2)12(19)17(3)9-14(20)5-8-18(10-14)13-15-6-4-7-16-13/h4,6-7,20H,1,5,8-10H2,2-3H3. The lowest BCUT2D eigenvalue weighted by atomic mass is 10.0. The quantitative estimate of drug-likeness (QED) is 0.809. The molecule has 1 saturated heterocycles. The van der Waals surface area contributed by atoms with Gasteiger partial charge in [-0.25, -0.2) is 9.97 Å². The van der Waals surface area contributed by atoms with Crippen LogP contribution in [0.1, 0.15) is 13.3 Å². The molecule has 108 valence electrons. The van der Waals surface area contributed by atoms with Crippen molar-refractivity contribution in [2.24, 2.45) is 0 Å². The van der Waals surface area contributed by atoms with Gasteiger partial charge in [-0.15, -0.1) is 0 Å². The highest BCUT2D eigenvalue weighted by molar-refractivity contribution is 5.92. The highest BCUT2D eigenvalue weighted by atomic mass is 16.3. The van der Waals surface area contributed by atoms with E-state index in [0.717, 1.165) is 0 Å². The predicted molar refractivity (Wildman–Crippen MR) is 76.3 cm³/mol. The Balaban J connectivity index is 2.00. The van der Waals surface area contributed by atoms with Crippen molar-refractivity contribution in [3.8, 4) is 0 Å². The van der Waals surface area contributed by atoms with Crippen molar-refractivity contribution in [2.45, 2.75) is 18.9 Å². The van der Waals surface area contributed by atoms with Crippen LogP contribution in [0.5, 0.6) is 0 Å². The van der Waals surface area contributed by atoms with Gasteiger partial charge in [-0.3, -0.25) is 4.79 Å². The van der Waals surface area contributed by atoms with Gasteiger partial charge in [-0.2, -0.15) is 0 Å². The molecule has 0 bridgehead atoms. The van der Waals surface area contributed by atoms with Gasteiger partial charge in [0.05, 0.1) is 13.1 Å². The second-order valence-electron chi connectivity index (χ2n) is 5.39. The van der Waals surface area contributed by atoms with Crippen LogP contribution in [0.2, 0.25) is 0 Å². The molecular formula is C14H20N4O2. The molecule has 2 rings (SSSR count). The summed E-state index contributed by atoms with van der Waals surface area (Å²) >= 11 is 0. The van der Waals surface area contributed by atoms with Gasteiger partial charge in [0.25, 0.3) is 0 Å². The van der Waals surface area contributed by atoms with E-state index in [1.807, 2.05) is 4.90 Å². The number of hydrogen-bond donors (Lipinski definition) is 1. The molecule has 1 aliphatic heterocycles. The number of β-amino-alcohol motifs (C(OH)–C–C–N with tert-alkyl or cyclic N) is 1. The fraction of sp³-hybridized carbons (Fsp3) is 0.500. The molecule has 0 radical (unpaired) electrons. The zero-order valence-electron chi connectivity index (χ0n) is 11.9. The number of aromatic nitrogens is 2. The van der Waals surface area contributed by atoms with Crippen LogP contribution in [0.25, 0.3) is 0 Å². The number of carbonyl (C=O) groups is 1. The summed E-state index contributed by atoms with van der Waals surface area (Å²) in [6.45, 7) is 6.68. The Morgan fingerprint density at radius 3 is 2.80 bits per heavy atom. The summed E-state index contributed by atoms with van der Waals surface area (Å²) in [5.41, 5.74) is -0.462. The average Bonchev–Trinajstić information content (AvgIpc) is 2.81. The third-order valence-corrected chi connectivity index (χ3v) is 3.41. The molecule has 20 heavy (non-hydrogen) atoms. The van der Waals surface area contributed by atoms with E-state index in [0.29, 0.717) is 31.0 Å². The van der Waals surface area contributed by atoms with Crippen molar-refractivity contribution in [3.05, 3.63) is 30.6 Å². The topological polar surface area (TPSA) is 69.6 Å². The van der Waals surface area contributed by atoms with E-state index in [-0.39, 0.29) is 12.5 Å². The van der Waals surface area contributed by atoms with Gasteiger partial charge >= 0.3 is 0 Å². The summed E-state index contributed by atoms with van der Waals surface area (Å²) in [7, 11) is 1.68. The highest BCUT2D eigenvalue weighted by Gasteiger charge is 2.38. The van der Waals surface area contributed by atoms with E-state index in [2.05, 4.69) is 16.5 Å². The molecule has 6 heteroatoms. The van der Waals surface area contributed by atoms with Crippen molar-refractivity contribution in [2.75, 3.05) is 31.6 Å². The molecule has 1 aromatic rings. The molecule has 2 heterocycles. The Kier molecular flexibility index (Phi) is 4.04. The number of carbonyl (C=O) groups excluding carboxylic acids is 1. The molecule has 1 aromatic heterocycles. The normalized spacial score (nSPS) is 21.9. The summed E-state index contributed by atoms with van der Waals surface area (Å²) < 4.78 is 0. The summed E-state index contributed by atoms with van der Waals surface area (Å²) in [5, 5.41) is 10.6. The van der Waals surface area contributed by atoms with Gasteiger partial charge in [-0.05, 0) is 19.4 Å². The Morgan fingerprint density at radius 1 is 1.55 bits per heavy atom. The molecule has 0 aliphatic carbocycles. The number of anilines is 1. The van der Waals surface area contributed by atoms with Crippen LogP contribution in [0, 0.1) is 0 Å². The SMILES string of the molecule is C=C(C)C(=O)N(C)CC1(O)CCN(c2ncccn2)C1. The van der Waals surface area contributed by atoms with Gasteiger partial charge in [0.2, 0.25) is 11.9 Å². The number of amides is 1. The van der Waals surface area contributed by atoms with Gasteiger partial charge in [0, 0.05) is 31.6 Å². The van der Waals surface area contributed by atoms with E-state index >= 15 is 0 Å². The molecule has 0 saturated carbocycles. The number of rotatable bonds is 4. The average molecular weight is 276 g/mol. The summed E-state index contributed by atoms with van der Waals surface area (Å²) in [4.78, 5) is 23.6. The predicted octanol–water partition coefficient (Wildman–Crippen LogP) is 0.452. The van der Waals surface area contributed by atoms with Gasteiger partial charge in [0.15, 0.2) is 0 Å². The lowest BCUT2D eigenvalue weighted by Crippen LogP contribution is -2.46. The lowest BCUT2D eigenvalue weighted by molar-refractivity contribution is -0.128. The fourth-order valence-electron chi connectivity index (χ4n) is 2.45. The number of nitrogens with zero attached hydrogens (tertiary/aromatic N) is 4. The molecule has 0 spiro atoms. The van der Waals surface area contributed by atoms with Crippen LogP contribution in [0.15, 0.2) is 30.6 Å². The van der Waals surface area contributed by atoms with E-state index in [9.17, 15) is 9.90 Å². The van der Waals surface area contributed by atoms with Gasteiger partial charge in [-0.1, -0.05) is 6.58 Å². The Hall–Kier alpha value is -1.95. The smallest absolute Gasteiger partial charge is 0.248 e. The van der Waals surface area contributed by atoms with Crippen molar-refractivity contribution in [3.63, 3.8) is 0 Å². The third-order valence-electron chi connectivity index (χ3n) is 3.41. The third kappa shape index (κ3) is 3.14. The van der Waals surface area contributed by atoms with Crippen LogP contribution in [0.4, 0.5) is 5.95 Å². The minimum absolute atomic E-state index is 0.146. The fourth-order valence-corrected chi connectivity index (χ4v) is 2.45. The summed E-state index contributed by atoms with van der Waals surface area (Å²) in [6, 6.07) is 1.76. The minimum Gasteiger partial charge on any atom is -0.386 e. The number of likely N-dealkylation sites (N-methyl/N-ethyl adjacent to an activating group) is 1. The zero-order chi connectivity index (χ0) is 14.8. The molecule has 1 atom stereocenters. The molecule has 1 amide bonds. The van der Waals surface area contributed by atoms with E-state index in [4.69, 9.17) is 0 Å². The van der Waals surface area contributed by atoms with E-state index in [1.54, 1.807) is 32.4 Å². The van der Waals surface area contributed by atoms with Crippen LogP contribution in [-0.2, 0) is 4.79 Å². The molecule has 1 aliphatic rings. The summed E-state index contributed by atoms with van der Waals surface area (Å²) in [5.74, 6) is 0.463. The Morgan fingerprint density at radius 2 is 2.20 bits per heavy atom. The van der Waals surface area contributed by atoms with Gasteiger partial charge < -0.3 is 14.9 Å². The van der Waals surface area contributed by atoms with E-state index in [1.165, 1.54) is 4.90 Å². The number of hydrogen-bond acceptors (Lipinski definition) is 5. The molecule has 0 aromatic carbocycles. The van der Waals surface area contributed by atoms with E-state index < -0.39 is 5.60 Å². The Bertz CT molecular complexity index is 505. The maximum Gasteiger partial charge on any atom is 0.248 e. The van der Waals surface area contributed by atoms with Crippen LogP contribution < -0.4 is 4.90 Å². The van der Waals surface area contributed by atoms with Crippen LogP contribution in [-0.4, -0.2) is 58.2 Å². The minimum atomic E-state index is -0.931. The molecular weight excluding hydrogens is 256 g/mol. The first kappa shape index (κ1) is 14.5. The van der Waals surface area contributed by atoms with Gasteiger partial charge in [0.1, 0.15) is 5.60 Å². The largest absolute Gasteiger partial charge is 0.386 e.